The van der Waals surface area contributed by atoms with E-state index in [9.17, 15) is 13.2 Å². The van der Waals surface area contributed by atoms with E-state index in [1.165, 1.54) is 0 Å². The molecule has 0 aliphatic carbocycles. The Labute approximate surface area is 151 Å². The number of aliphatic imine (C=N–C) groups is 1. The summed E-state index contributed by atoms with van der Waals surface area (Å²) >= 11 is 0. The third-order valence-electron chi connectivity index (χ3n) is 3.04. The molecule has 0 bridgehead atoms. The first kappa shape index (κ1) is 22.0. The van der Waals surface area contributed by atoms with E-state index in [0.717, 1.165) is 18.7 Å². The first-order valence-electron chi connectivity index (χ1n) is 7.13. The summed E-state index contributed by atoms with van der Waals surface area (Å²) in [6.07, 6.45) is -4.31. The van der Waals surface area contributed by atoms with Crippen molar-refractivity contribution in [2.75, 3.05) is 19.7 Å². The van der Waals surface area contributed by atoms with Gasteiger partial charge < -0.3 is 15.4 Å². The molecule has 1 aromatic rings. The molecule has 0 atom stereocenters. The molecule has 0 fully saturated rings. The van der Waals surface area contributed by atoms with Crippen LogP contribution >= 0.6 is 24.0 Å². The van der Waals surface area contributed by atoms with Crippen molar-refractivity contribution in [2.24, 2.45) is 10.7 Å². The highest BCUT2D eigenvalue weighted by atomic mass is 127. The molecule has 0 aliphatic rings. The zero-order valence-corrected chi connectivity index (χ0v) is 15.6. The zero-order chi connectivity index (χ0) is 16.6. The minimum Gasteiger partial charge on any atom is -0.370 e. The quantitative estimate of drug-likeness (QED) is 0.397. The number of guanidine groups is 1. The highest BCUT2D eigenvalue weighted by Crippen LogP contribution is 2.16. The van der Waals surface area contributed by atoms with Gasteiger partial charge in [0.15, 0.2) is 5.96 Å². The Morgan fingerprint density at radius 2 is 1.83 bits per heavy atom. The van der Waals surface area contributed by atoms with Crippen LogP contribution < -0.4 is 5.73 Å². The average molecular weight is 445 g/mol. The van der Waals surface area contributed by atoms with E-state index in [-0.39, 0.29) is 30.6 Å². The third-order valence-corrected chi connectivity index (χ3v) is 3.04. The summed E-state index contributed by atoms with van der Waals surface area (Å²) in [5, 5.41) is 0. The second-order valence-corrected chi connectivity index (χ2v) is 4.77. The fourth-order valence-corrected chi connectivity index (χ4v) is 1.92. The Morgan fingerprint density at radius 3 is 2.39 bits per heavy atom. The Balaban J connectivity index is 0.00000484. The number of nitrogens with zero attached hydrogens (tertiary/aromatic N) is 2. The lowest BCUT2D eigenvalue weighted by atomic mass is 10.1. The van der Waals surface area contributed by atoms with E-state index >= 15 is 0 Å². The molecule has 0 aliphatic heterocycles. The SMILES string of the molecule is CCN(CC)C(N)=NCc1cccc(COCC(F)(F)F)c1.I. The van der Waals surface area contributed by atoms with Crippen molar-refractivity contribution in [2.45, 2.75) is 33.2 Å². The number of halogens is 4. The van der Waals surface area contributed by atoms with Crippen molar-refractivity contribution in [1.29, 1.82) is 0 Å². The van der Waals surface area contributed by atoms with Gasteiger partial charge in [0.2, 0.25) is 0 Å². The van der Waals surface area contributed by atoms with Crippen molar-refractivity contribution >= 4 is 29.9 Å². The van der Waals surface area contributed by atoms with Gasteiger partial charge in [-0.15, -0.1) is 24.0 Å². The maximum Gasteiger partial charge on any atom is 0.411 e. The molecular formula is C15H23F3IN3O. The molecule has 0 saturated carbocycles. The number of hydrogen-bond donors (Lipinski definition) is 1. The van der Waals surface area contributed by atoms with Crippen LogP contribution in [0.4, 0.5) is 13.2 Å². The summed E-state index contributed by atoms with van der Waals surface area (Å²) in [7, 11) is 0. The maximum absolute atomic E-state index is 12.0. The van der Waals surface area contributed by atoms with Gasteiger partial charge in [0, 0.05) is 13.1 Å². The summed E-state index contributed by atoms with van der Waals surface area (Å²) in [5.41, 5.74) is 7.44. The van der Waals surface area contributed by atoms with Crippen molar-refractivity contribution in [1.82, 2.24) is 4.90 Å². The third kappa shape index (κ3) is 8.99. The lowest BCUT2D eigenvalue weighted by Crippen LogP contribution is -2.37. The van der Waals surface area contributed by atoms with E-state index in [2.05, 4.69) is 9.73 Å². The minimum absolute atomic E-state index is 0. The number of hydrogen-bond acceptors (Lipinski definition) is 2. The molecule has 23 heavy (non-hydrogen) atoms. The first-order chi connectivity index (χ1) is 10.4. The molecular weight excluding hydrogens is 422 g/mol. The lowest BCUT2D eigenvalue weighted by molar-refractivity contribution is -0.176. The molecule has 0 heterocycles. The van der Waals surface area contributed by atoms with Gasteiger partial charge in [-0.2, -0.15) is 13.2 Å². The molecule has 0 saturated heterocycles. The number of nitrogens with two attached hydrogens (primary N) is 1. The fourth-order valence-electron chi connectivity index (χ4n) is 1.92. The van der Waals surface area contributed by atoms with Crippen LogP contribution in [0.1, 0.15) is 25.0 Å². The van der Waals surface area contributed by atoms with Gasteiger partial charge in [-0.05, 0) is 25.0 Å². The number of alkyl halides is 3. The maximum atomic E-state index is 12.0. The van der Waals surface area contributed by atoms with E-state index in [1.54, 1.807) is 18.2 Å². The van der Waals surface area contributed by atoms with Crippen LogP contribution in [0.15, 0.2) is 29.3 Å². The van der Waals surface area contributed by atoms with Crippen LogP contribution in [0.5, 0.6) is 0 Å². The largest absolute Gasteiger partial charge is 0.411 e. The topological polar surface area (TPSA) is 50.8 Å². The minimum atomic E-state index is -4.31. The molecule has 0 radical (unpaired) electrons. The van der Waals surface area contributed by atoms with Gasteiger partial charge in [0.1, 0.15) is 6.61 Å². The van der Waals surface area contributed by atoms with E-state index < -0.39 is 12.8 Å². The lowest BCUT2D eigenvalue weighted by Gasteiger charge is -2.19. The molecule has 0 aromatic heterocycles. The zero-order valence-electron chi connectivity index (χ0n) is 13.3. The monoisotopic (exact) mass is 445 g/mol. The van der Waals surface area contributed by atoms with Gasteiger partial charge in [0.25, 0.3) is 0 Å². The average Bonchev–Trinajstić information content (AvgIpc) is 2.45. The summed E-state index contributed by atoms with van der Waals surface area (Å²) in [5.74, 6) is 0.462. The standard InChI is InChI=1S/C15H22F3N3O.HI/c1-3-21(4-2)14(19)20-9-12-6-5-7-13(8-12)10-22-11-15(16,17)18;/h5-8H,3-4,9-11H2,1-2H3,(H2,19,20);1H. The Hall–Kier alpha value is -1.03. The second-order valence-electron chi connectivity index (χ2n) is 4.77. The molecule has 1 rings (SSSR count). The molecule has 1 aromatic carbocycles. The van der Waals surface area contributed by atoms with Crippen LogP contribution in [0, 0.1) is 0 Å². The molecule has 0 unspecified atom stereocenters. The Morgan fingerprint density at radius 1 is 1.22 bits per heavy atom. The Kier molecular flexibility index (Phi) is 10.2. The summed E-state index contributed by atoms with van der Waals surface area (Å²) in [6, 6.07) is 7.11. The van der Waals surface area contributed by atoms with E-state index in [4.69, 9.17) is 5.73 Å². The van der Waals surface area contributed by atoms with E-state index in [1.807, 2.05) is 24.8 Å². The van der Waals surface area contributed by atoms with Crippen LogP contribution in [0.2, 0.25) is 0 Å². The molecule has 0 amide bonds. The van der Waals surface area contributed by atoms with Gasteiger partial charge in [-0.25, -0.2) is 4.99 Å². The predicted molar refractivity (Wildman–Crippen MR) is 95.8 cm³/mol. The second kappa shape index (κ2) is 10.7. The van der Waals surface area contributed by atoms with Crippen molar-refractivity contribution in [3.8, 4) is 0 Å². The van der Waals surface area contributed by atoms with Crippen molar-refractivity contribution in [3.05, 3.63) is 35.4 Å². The first-order valence-corrected chi connectivity index (χ1v) is 7.13. The van der Waals surface area contributed by atoms with Gasteiger partial charge >= 0.3 is 6.18 Å². The molecule has 8 heteroatoms. The summed E-state index contributed by atoms with van der Waals surface area (Å²) < 4.78 is 40.7. The number of ether oxygens (including phenoxy) is 1. The molecule has 4 nitrogen and oxygen atoms in total. The summed E-state index contributed by atoms with van der Waals surface area (Å²) in [4.78, 5) is 6.22. The van der Waals surface area contributed by atoms with Crippen molar-refractivity contribution in [3.63, 3.8) is 0 Å². The highest BCUT2D eigenvalue weighted by molar-refractivity contribution is 14.0. The Bertz CT molecular complexity index is 491. The normalized spacial score (nSPS) is 12.0. The van der Waals surface area contributed by atoms with Crippen LogP contribution in [-0.4, -0.2) is 36.7 Å². The molecule has 0 spiro atoms. The smallest absolute Gasteiger partial charge is 0.370 e. The van der Waals surface area contributed by atoms with Crippen molar-refractivity contribution < 1.29 is 17.9 Å². The van der Waals surface area contributed by atoms with Crippen LogP contribution in [0.25, 0.3) is 0 Å². The molecule has 132 valence electrons. The fraction of sp³-hybridized carbons (Fsp3) is 0.533. The molecule has 2 N–H and O–H groups in total. The van der Waals surface area contributed by atoms with Crippen LogP contribution in [-0.2, 0) is 17.9 Å². The van der Waals surface area contributed by atoms with Gasteiger partial charge in [-0.1, -0.05) is 24.3 Å². The van der Waals surface area contributed by atoms with Crippen LogP contribution in [0.3, 0.4) is 0 Å². The number of benzene rings is 1. The number of rotatable bonds is 7. The predicted octanol–water partition coefficient (Wildman–Crippen LogP) is 3.54. The van der Waals surface area contributed by atoms with E-state index in [0.29, 0.717) is 18.1 Å². The summed E-state index contributed by atoms with van der Waals surface area (Å²) in [6.45, 7) is 4.59. The highest BCUT2D eigenvalue weighted by Gasteiger charge is 2.27. The van der Waals surface area contributed by atoms with Gasteiger partial charge in [-0.3, -0.25) is 0 Å². The van der Waals surface area contributed by atoms with Gasteiger partial charge in [0.05, 0.1) is 13.2 Å².